The van der Waals surface area contributed by atoms with Crippen molar-refractivity contribution in [3.63, 3.8) is 0 Å². The van der Waals surface area contributed by atoms with Crippen molar-refractivity contribution in [3.8, 4) is 0 Å². The number of thioether (sulfide) groups is 1. The van der Waals surface area contributed by atoms with E-state index in [2.05, 4.69) is 16.5 Å². The molecule has 1 N–H and O–H groups in total. The van der Waals surface area contributed by atoms with Crippen molar-refractivity contribution < 1.29 is 5.11 Å². The molecule has 0 bridgehead atoms. The van der Waals surface area contributed by atoms with E-state index in [1.54, 1.807) is 11.8 Å². The molecule has 0 aliphatic heterocycles. The van der Waals surface area contributed by atoms with Gasteiger partial charge in [-0.1, -0.05) is 48.8 Å². The summed E-state index contributed by atoms with van der Waals surface area (Å²) in [5.41, 5.74) is 1.89. The van der Waals surface area contributed by atoms with E-state index in [0.29, 0.717) is 0 Å². The van der Waals surface area contributed by atoms with Gasteiger partial charge in [0.1, 0.15) is 0 Å². The molecule has 0 saturated heterocycles. The lowest BCUT2D eigenvalue weighted by molar-refractivity contribution is 0.277. The van der Waals surface area contributed by atoms with Gasteiger partial charge in [0.15, 0.2) is 5.16 Å². The zero-order chi connectivity index (χ0) is 14.4. The summed E-state index contributed by atoms with van der Waals surface area (Å²) in [6.45, 7) is 2.91. The van der Waals surface area contributed by atoms with Gasteiger partial charge in [-0.2, -0.15) is 0 Å². The number of unbranched alkanes of at least 4 members (excludes halogenated alkanes) is 1. The lowest BCUT2D eigenvalue weighted by Gasteiger charge is -2.07. The van der Waals surface area contributed by atoms with E-state index in [9.17, 15) is 5.11 Å². The first-order chi connectivity index (χ1) is 9.72. The van der Waals surface area contributed by atoms with Gasteiger partial charge in [0.25, 0.3) is 0 Å². The van der Waals surface area contributed by atoms with Crippen LogP contribution >= 0.6 is 23.4 Å². The summed E-state index contributed by atoms with van der Waals surface area (Å²) in [6.07, 6.45) is 4.27. The van der Waals surface area contributed by atoms with E-state index in [1.807, 2.05) is 30.5 Å². The Kier molecular flexibility index (Phi) is 5.95. The molecule has 3 nitrogen and oxygen atoms in total. The maximum absolute atomic E-state index is 9.25. The van der Waals surface area contributed by atoms with Gasteiger partial charge in [0.2, 0.25) is 0 Å². The third kappa shape index (κ3) is 4.27. The molecule has 20 heavy (non-hydrogen) atoms. The molecule has 0 aliphatic carbocycles. The number of nitrogens with zero attached hydrogens (tertiary/aromatic N) is 2. The molecule has 1 aromatic carbocycles. The first-order valence-electron chi connectivity index (χ1n) is 6.77. The summed E-state index contributed by atoms with van der Waals surface area (Å²) in [5.74, 6) is 1.05. The van der Waals surface area contributed by atoms with E-state index in [0.717, 1.165) is 28.2 Å². The second kappa shape index (κ2) is 7.72. The molecule has 0 atom stereocenters. The second-order valence-corrected chi connectivity index (χ2v) is 6.13. The molecule has 0 fully saturated rings. The molecule has 0 radical (unpaired) electrons. The number of aliphatic hydroxyl groups is 1. The van der Waals surface area contributed by atoms with Crippen molar-refractivity contribution in [2.75, 3.05) is 5.75 Å². The van der Waals surface area contributed by atoms with Crippen molar-refractivity contribution in [1.29, 1.82) is 0 Å². The third-order valence-corrected chi connectivity index (χ3v) is 4.28. The highest BCUT2D eigenvalue weighted by Crippen LogP contribution is 2.21. The smallest absolute Gasteiger partial charge is 0.168 e. The predicted molar refractivity (Wildman–Crippen MR) is 84.3 cm³/mol. The van der Waals surface area contributed by atoms with Gasteiger partial charge in [0.05, 0.1) is 12.3 Å². The number of imidazole rings is 1. The molecule has 0 unspecified atom stereocenters. The Labute approximate surface area is 129 Å². The van der Waals surface area contributed by atoms with Crippen LogP contribution in [0.2, 0.25) is 5.02 Å². The van der Waals surface area contributed by atoms with Crippen molar-refractivity contribution in [1.82, 2.24) is 9.55 Å². The normalized spacial score (nSPS) is 10.9. The van der Waals surface area contributed by atoms with Crippen LogP contribution in [0, 0.1) is 0 Å². The Morgan fingerprint density at radius 3 is 2.70 bits per heavy atom. The van der Waals surface area contributed by atoms with Gasteiger partial charge in [0, 0.05) is 23.5 Å². The van der Waals surface area contributed by atoms with Crippen LogP contribution in [-0.4, -0.2) is 20.4 Å². The number of aliphatic hydroxyl groups excluding tert-OH is 1. The Hall–Kier alpha value is -0.970. The van der Waals surface area contributed by atoms with E-state index in [-0.39, 0.29) is 6.61 Å². The Balaban J connectivity index is 2.12. The largest absolute Gasteiger partial charge is 0.390 e. The minimum atomic E-state index is -0.0189. The van der Waals surface area contributed by atoms with Crippen LogP contribution < -0.4 is 0 Å². The van der Waals surface area contributed by atoms with Crippen molar-refractivity contribution in [2.24, 2.45) is 0 Å². The molecule has 0 saturated carbocycles. The van der Waals surface area contributed by atoms with Gasteiger partial charge in [-0.15, -0.1) is 0 Å². The second-order valence-electron chi connectivity index (χ2n) is 4.63. The van der Waals surface area contributed by atoms with Crippen LogP contribution in [0.4, 0.5) is 0 Å². The maximum Gasteiger partial charge on any atom is 0.168 e. The average molecular weight is 311 g/mol. The first-order valence-corrected chi connectivity index (χ1v) is 8.13. The predicted octanol–water partition coefficient (Wildman–Crippen LogP) is 3.97. The molecular weight excluding hydrogens is 292 g/mol. The summed E-state index contributed by atoms with van der Waals surface area (Å²) in [6, 6.07) is 7.82. The summed E-state index contributed by atoms with van der Waals surface area (Å²) < 4.78 is 2.09. The van der Waals surface area contributed by atoms with E-state index in [4.69, 9.17) is 11.6 Å². The van der Waals surface area contributed by atoms with Crippen molar-refractivity contribution >= 4 is 23.4 Å². The van der Waals surface area contributed by atoms with Gasteiger partial charge >= 0.3 is 0 Å². The minimum absolute atomic E-state index is 0.0189. The zero-order valence-electron chi connectivity index (χ0n) is 11.6. The molecule has 0 amide bonds. The van der Waals surface area contributed by atoms with Gasteiger partial charge in [-0.05, 0) is 24.1 Å². The highest BCUT2D eigenvalue weighted by atomic mass is 35.5. The Morgan fingerprint density at radius 1 is 1.30 bits per heavy atom. The quantitative estimate of drug-likeness (QED) is 0.621. The third-order valence-electron chi connectivity index (χ3n) is 2.95. The molecule has 1 aromatic heterocycles. The summed E-state index contributed by atoms with van der Waals surface area (Å²) in [5, 5.41) is 11.0. The highest BCUT2D eigenvalue weighted by Gasteiger charge is 2.08. The van der Waals surface area contributed by atoms with Crippen LogP contribution in [0.3, 0.4) is 0 Å². The number of hydrogen-bond acceptors (Lipinski definition) is 3. The van der Waals surface area contributed by atoms with Crippen LogP contribution in [-0.2, 0) is 13.2 Å². The monoisotopic (exact) mass is 310 g/mol. The minimum Gasteiger partial charge on any atom is -0.390 e. The van der Waals surface area contributed by atoms with Gasteiger partial charge in [-0.25, -0.2) is 4.98 Å². The van der Waals surface area contributed by atoms with Crippen molar-refractivity contribution in [3.05, 3.63) is 46.7 Å². The number of hydrogen-bond donors (Lipinski definition) is 1. The lowest BCUT2D eigenvalue weighted by atomic mass is 10.2. The number of benzene rings is 1. The fourth-order valence-corrected chi connectivity index (χ4v) is 3.06. The van der Waals surface area contributed by atoms with Crippen LogP contribution in [0.1, 0.15) is 31.0 Å². The molecule has 5 heteroatoms. The van der Waals surface area contributed by atoms with E-state index >= 15 is 0 Å². The molecule has 0 aliphatic rings. The number of halogens is 1. The summed E-state index contributed by atoms with van der Waals surface area (Å²) >= 11 is 7.65. The zero-order valence-corrected chi connectivity index (χ0v) is 13.1. The standard InChI is InChI=1S/C15H19ClN2OS/c1-2-3-8-20-15-17-14(11-19)10-18(15)9-12-4-6-13(16)7-5-12/h4-7,10,19H,2-3,8-9,11H2,1H3. The first kappa shape index (κ1) is 15.4. The molecule has 108 valence electrons. The molecule has 1 heterocycles. The molecular formula is C15H19ClN2OS. The maximum atomic E-state index is 9.25. The average Bonchev–Trinajstić information content (AvgIpc) is 2.84. The fraction of sp³-hybridized carbons (Fsp3) is 0.400. The molecule has 2 aromatic rings. The summed E-state index contributed by atoms with van der Waals surface area (Å²) in [7, 11) is 0. The molecule has 2 rings (SSSR count). The SMILES string of the molecule is CCCCSc1nc(CO)cn1Cc1ccc(Cl)cc1. The fourth-order valence-electron chi connectivity index (χ4n) is 1.85. The number of aromatic nitrogens is 2. The van der Waals surface area contributed by atoms with Crippen LogP contribution in [0.15, 0.2) is 35.6 Å². The van der Waals surface area contributed by atoms with E-state index < -0.39 is 0 Å². The van der Waals surface area contributed by atoms with Crippen molar-refractivity contribution in [2.45, 2.75) is 38.1 Å². The Bertz CT molecular complexity index is 539. The van der Waals surface area contributed by atoms with Gasteiger partial charge in [-0.3, -0.25) is 0 Å². The van der Waals surface area contributed by atoms with Gasteiger partial charge < -0.3 is 9.67 Å². The lowest BCUT2D eigenvalue weighted by Crippen LogP contribution is -2.00. The summed E-state index contributed by atoms with van der Waals surface area (Å²) in [4.78, 5) is 4.46. The van der Waals surface area contributed by atoms with Crippen LogP contribution in [0.25, 0.3) is 0 Å². The highest BCUT2D eigenvalue weighted by molar-refractivity contribution is 7.99. The number of rotatable bonds is 7. The topological polar surface area (TPSA) is 38.1 Å². The van der Waals surface area contributed by atoms with E-state index in [1.165, 1.54) is 18.4 Å². The Morgan fingerprint density at radius 2 is 2.05 bits per heavy atom. The van der Waals surface area contributed by atoms with Crippen LogP contribution in [0.5, 0.6) is 0 Å². The molecule has 0 spiro atoms.